The number of guanidine groups is 1. The number of rotatable bonds is 7. The molecule has 2 fully saturated rings. The lowest BCUT2D eigenvalue weighted by Crippen LogP contribution is -2.46. The molecule has 0 aromatic rings. The summed E-state index contributed by atoms with van der Waals surface area (Å²) in [5.74, 6) is 2.08. The summed E-state index contributed by atoms with van der Waals surface area (Å²) in [7, 11) is -1.47. The fraction of sp³-hybridized carbons (Fsp3) is 0.938. The van der Waals surface area contributed by atoms with E-state index < -0.39 is 10.0 Å². The molecular formula is C16H32N4O2S. The Labute approximate surface area is 141 Å². The van der Waals surface area contributed by atoms with Gasteiger partial charge in [-0.3, -0.25) is 4.99 Å². The van der Waals surface area contributed by atoms with Crippen LogP contribution in [-0.2, 0) is 10.0 Å². The van der Waals surface area contributed by atoms with Crippen LogP contribution < -0.4 is 15.4 Å². The molecule has 0 heterocycles. The van der Waals surface area contributed by atoms with Crippen LogP contribution in [0.1, 0.15) is 51.9 Å². The van der Waals surface area contributed by atoms with Gasteiger partial charge >= 0.3 is 0 Å². The SMILES string of the molecule is CN=C(NCCS(=O)(=O)NCC1CCC1)NC1CCCC(C)C1. The third kappa shape index (κ3) is 6.67. The van der Waals surface area contributed by atoms with Gasteiger partial charge in [0.25, 0.3) is 0 Å². The van der Waals surface area contributed by atoms with Crippen molar-refractivity contribution in [3.63, 3.8) is 0 Å². The minimum absolute atomic E-state index is 0.0848. The molecule has 3 N–H and O–H groups in total. The summed E-state index contributed by atoms with van der Waals surface area (Å²) < 4.78 is 26.6. The Morgan fingerprint density at radius 2 is 1.91 bits per heavy atom. The molecule has 0 radical (unpaired) electrons. The Bertz CT molecular complexity index is 488. The van der Waals surface area contributed by atoms with Gasteiger partial charge in [0, 0.05) is 26.2 Å². The number of aliphatic imine (C=N–C) groups is 1. The fourth-order valence-corrected chi connectivity index (χ4v) is 4.28. The second-order valence-corrected chi connectivity index (χ2v) is 9.00. The Morgan fingerprint density at radius 3 is 2.52 bits per heavy atom. The van der Waals surface area contributed by atoms with Crippen LogP contribution in [0.4, 0.5) is 0 Å². The molecule has 6 nitrogen and oxygen atoms in total. The highest BCUT2D eigenvalue weighted by molar-refractivity contribution is 7.89. The highest BCUT2D eigenvalue weighted by Gasteiger charge is 2.21. The summed E-state index contributed by atoms with van der Waals surface area (Å²) in [6.07, 6.45) is 8.39. The number of hydrogen-bond acceptors (Lipinski definition) is 3. The highest BCUT2D eigenvalue weighted by Crippen LogP contribution is 2.25. The maximum atomic E-state index is 12.0. The molecule has 0 saturated heterocycles. The van der Waals surface area contributed by atoms with E-state index in [1.165, 1.54) is 19.3 Å². The van der Waals surface area contributed by atoms with E-state index in [2.05, 4.69) is 27.3 Å². The molecule has 2 aliphatic carbocycles. The molecule has 134 valence electrons. The first-order chi connectivity index (χ1) is 11.0. The molecule has 2 saturated carbocycles. The van der Waals surface area contributed by atoms with Crippen molar-refractivity contribution in [1.29, 1.82) is 0 Å². The van der Waals surface area contributed by atoms with Crippen molar-refractivity contribution in [3.8, 4) is 0 Å². The summed E-state index contributed by atoms with van der Waals surface area (Å²) in [6, 6.07) is 0.443. The van der Waals surface area contributed by atoms with Gasteiger partial charge in [-0.2, -0.15) is 0 Å². The zero-order valence-corrected chi connectivity index (χ0v) is 15.3. The van der Waals surface area contributed by atoms with Crippen LogP contribution in [0.3, 0.4) is 0 Å². The normalized spacial score (nSPS) is 26.6. The lowest BCUT2D eigenvalue weighted by atomic mass is 9.86. The topological polar surface area (TPSA) is 82.6 Å². The molecule has 2 aliphatic rings. The first-order valence-electron chi connectivity index (χ1n) is 8.93. The van der Waals surface area contributed by atoms with Gasteiger partial charge in [-0.25, -0.2) is 13.1 Å². The number of hydrogen-bond donors (Lipinski definition) is 3. The summed E-state index contributed by atoms with van der Waals surface area (Å²) in [4.78, 5) is 4.20. The van der Waals surface area contributed by atoms with Crippen LogP contribution in [0.25, 0.3) is 0 Å². The zero-order chi connectivity index (χ0) is 16.7. The van der Waals surface area contributed by atoms with Crippen LogP contribution >= 0.6 is 0 Å². The summed E-state index contributed by atoms with van der Waals surface area (Å²) in [6.45, 7) is 3.25. The Morgan fingerprint density at radius 1 is 1.17 bits per heavy atom. The molecule has 2 atom stereocenters. The van der Waals surface area contributed by atoms with Gasteiger partial charge in [-0.05, 0) is 37.5 Å². The average Bonchev–Trinajstić information content (AvgIpc) is 2.44. The smallest absolute Gasteiger partial charge is 0.213 e. The Hall–Kier alpha value is -0.820. The highest BCUT2D eigenvalue weighted by atomic mass is 32.2. The maximum absolute atomic E-state index is 12.0. The van der Waals surface area contributed by atoms with Crippen molar-refractivity contribution >= 4 is 16.0 Å². The van der Waals surface area contributed by atoms with Crippen LogP contribution in [0.5, 0.6) is 0 Å². The van der Waals surface area contributed by atoms with Gasteiger partial charge in [0.2, 0.25) is 10.0 Å². The van der Waals surface area contributed by atoms with E-state index >= 15 is 0 Å². The molecule has 2 rings (SSSR count). The minimum atomic E-state index is -3.19. The molecular weight excluding hydrogens is 312 g/mol. The zero-order valence-electron chi connectivity index (χ0n) is 14.5. The van der Waals surface area contributed by atoms with Crippen molar-refractivity contribution in [3.05, 3.63) is 0 Å². The van der Waals surface area contributed by atoms with Crippen LogP contribution in [0, 0.1) is 11.8 Å². The second-order valence-electron chi connectivity index (χ2n) is 7.08. The van der Waals surface area contributed by atoms with Crippen molar-refractivity contribution in [2.24, 2.45) is 16.8 Å². The first kappa shape index (κ1) is 18.5. The summed E-state index contributed by atoms with van der Waals surface area (Å²) >= 11 is 0. The van der Waals surface area contributed by atoms with Gasteiger partial charge in [0.05, 0.1) is 5.75 Å². The average molecular weight is 345 g/mol. The van der Waals surface area contributed by atoms with E-state index in [9.17, 15) is 8.42 Å². The first-order valence-corrected chi connectivity index (χ1v) is 10.6. The largest absolute Gasteiger partial charge is 0.355 e. The van der Waals surface area contributed by atoms with E-state index in [1.807, 2.05) is 0 Å². The van der Waals surface area contributed by atoms with Gasteiger partial charge in [-0.15, -0.1) is 0 Å². The molecule has 23 heavy (non-hydrogen) atoms. The predicted octanol–water partition coefficient (Wildman–Crippen LogP) is 1.45. The maximum Gasteiger partial charge on any atom is 0.213 e. The molecule has 0 aromatic heterocycles. The Kier molecular flexibility index (Phi) is 7.14. The molecule has 0 aliphatic heterocycles. The van der Waals surface area contributed by atoms with E-state index in [-0.39, 0.29) is 5.75 Å². The van der Waals surface area contributed by atoms with Crippen molar-refractivity contribution in [2.45, 2.75) is 57.9 Å². The van der Waals surface area contributed by atoms with Crippen LogP contribution in [0.2, 0.25) is 0 Å². The third-order valence-electron chi connectivity index (χ3n) is 4.98. The van der Waals surface area contributed by atoms with Crippen LogP contribution in [0.15, 0.2) is 4.99 Å². The molecule has 7 heteroatoms. The van der Waals surface area contributed by atoms with Crippen LogP contribution in [-0.4, -0.2) is 46.3 Å². The lowest BCUT2D eigenvalue weighted by Gasteiger charge is -2.28. The Balaban J connectivity index is 1.66. The number of nitrogens with zero attached hydrogens (tertiary/aromatic N) is 1. The van der Waals surface area contributed by atoms with Crippen molar-refractivity contribution in [2.75, 3.05) is 25.9 Å². The van der Waals surface area contributed by atoms with Crippen molar-refractivity contribution < 1.29 is 8.42 Å². The third-order valence-corrected chi connectivity index (χ3v) is 6.33. The van der Waals surface area contributed by atoms with E-state index in [0.717, 1.165) is 31.6 Å². The van der Waals surface area contributed by atoms with E-state index in [0.29, 0.717) is 31.0 Å². The van der Waals surface area contributed by atoms with Crippen molar-refractivity contribution in [1.82, 2.24) is 15.4 Å². The van der Waals surface area contributed by atoms with Gasteiger partial charge < -0.3 is 10.6 Å². The van der Waals surface area contributed by atoms with Gasteiger partial charge in [0.1, 0.15) is 0 Å². The molecule has 0 bridgehead atoms. The standard InChI is InChI=1S/C16H32N4O2S/c1-13-5-3-8-15(11-13)20-16(17-2)18-9-10-23(21,22)19-12-14-6-4-7-14/h13-15,19H,3-12H2,1-2H3,(H2,17,18,20). The molecule has 0 aromatic carbocycles. The van der Waals surface area contributed by atoms with Gasteiger partial charge in [0.15, 0.2) is 5.96 Å². The molecule has 2 unspecified atom stereocenters. The summed E-state index contributed by atoms with van der Waals surface area (Å²) in [5.41, 5.74) is 0. The molecule has 0 spiro atoms. The van der Waals surface area contributed by atoms with E-state index in [4.69, 9.17) is 0 Å². The lowest BCUT2D eigenvalue weighted by molar-refractivity contribution is 0.316. The van der Waals surface area contributed by atoms with E-state index in [1.54, 1.807) is 7.05 Å². The minimum Gasteiger partial charge on any atom is -0.355 e. The predicted molar refractivity (Wildman–Crippen MR) is 95.0 cm³/mol. The second kappa shape index (κ2) is 8.87. The summed E-state index contributed by atoms with van der Waals surface area (Å²) in [5, 5.41) is 6.54. The number of sulfonamides is 1. The molecule has 0 amide bonds. The quantitative estimate of drug-likeness (QED) is 0.482. The van der Waals surface area contributed by atoms with Gasteiger partial charge in [-0.1, -0.05) is 26.2 Å². The number of nitrogens with one attached hydrogen (secondary N) is 3. The monoisotopic (exact) mass is 344 g/mol. The fourth-order valence-electron chi connectivity index (χ4n) is 3.27.